The molecule has 0 aromatic carbocycles. The maximum atomic E-state index is 13.7. The van der Waals surface area contributed by atoms with E-state index in [2.05, 4.69) is 43.0 Å². The highest BCUT2D eigenvalue weighted by Gasteiger charge is 2.24. The van der Waals surface area contributed by atoms with Gasteiger partial charge in [-0.25, -0.2) is 4.39 Å². The molecule has 1 unspecified atom stereocenters. The van der Waals surface area contributed by atoms with E-state index in [1.54, 1.807) is 30.6 Å². The molecule has 2 aromatic rings. The first-order chi connectivity index (χ1) is 12.3. The zero-order valence-electron chi connectivity index (χ0n) is 14.8. The summed E-state index contributed by atoms with van der Waals surface area (Å²) in [6.45, 7) is 3.34. The summed E-state index contributed by atoms with van der Waals surface area (Å²) in [6.07, 6.45) is 4.11. The van der Waals surface area contributed by atoms with Crippen LogP contribution in [0.5, 0.6) is 0 Å². The molecule has 0 spiro atoms. The number of hydrogen-bond acceptors (Lipinski definition) is 4. The molecule has 3 heterocycles. The van der Waals surface area contributed by atoms with Gasteiger partial charge in [0.05, 0.1) is 18.3 Å². The van der Waals surface area contributed by atoms with E-state index in [4.69, 9.17) is 0 Å². The first kappa shape index (κ1) is 21.0. The maximum absolute atomic E-state index is 13.7. The molecule has 2 N–H and O–H groups in total. The number of nitrogens with zero attached hydrogens (tertiary/aromatic N) is 3. The minimum absolute atomic E-state index is 0. The van der Waals surface area contributed by atoms with Crippen molar-refractivity contribution in [3.63, 3.8) is 0 Å². The molecule has 1 aliphatic rings. The fraction of sp³-hybridized carbons (Fsp3) is 0.444. The van der Waals surface area contributed by atoms with Crippen LogP contribution in [0.25, 0.3) is 0 Å². The van der Waals surface area contributed by atoms with E-state index < -0.39 is 0 Å². The number of thiophene rings is 1. The number of guanidine groups is 1. The van der Waals surface area contributed by atoms with Gasteiger partial charge in [-0.05, 0) is 49.5 Å². The van der Waals surface area contributed by atoms with Crippen LogP contribution in [-0.4, -0.2) is 42.5 Å². The maximum Gasteiger partial charge on any atom is 0.191 e. The van der Waals surface area contributed by atoms with Gasteiger partial charge in [-0.1, -0.05) is 6.07 Å². The summed E-state index contributed by atoms with van der Waals surface area (Å²) in [7, 11) is 1.72. The molecule has 0 radical (unpaired) electrons. The average Bonchev–Trinajstić information content (AvgIpc) is 3.33. The summed E-state index contributed by atoms with van der Waals surface area (Å²) in [5.41, 5.74) is 0.389. The zero-order valence-corrected chi connectivity index (χ0v) is 18.0. The van der Waals surface area contributed by atoms with E-state index in [1.165, 1.54) is 23.8 Å². The minimum Gasteiger partial charge on any atom is -0.354 e. The molecular formula is C18H25FIN5S. The molecule has 1 fully saturated rings. The number of rotatable bonds is 6. The molecule has 0 saturated carbocycles. The lowest BCUT2D eigenvalue weighted by atomic mass is 10.2. The molecule has 1 aliphatic heterocycles. The average molecular weight is 489 g/mol. The van der Waals surface area contributed by atoms with Crippen molar-refractivity contribution in [2.24, 2.45) is 4.99 Å². The van der Waals surface area contributed by atoms with Crippen molar-refractivity contribution in [1.82, 2.24) is 20.5 Å². The number of aromatic nitrogens is 1. The topological polar surface area (TPSA) is 52.6 Å². The zero-order chi connectivity index (χ0) is 17.5. The highest BCUT2D eigenvalue weighted by molar-refractivity contribution is 14.0. The van der Waals surface area contributed by atoms with Crippen molar-refractivity contribution in [2.45, 2.75) is 25.4 Å². The van der Waals surface area contributed by atoms with E-state index >= 15 is 0 Å². The van der Waals surface area contributed by atoms with Gasteiger partial charge in [0, 0.05) is 24.7 Å². The van der Waals surface area contributed by atoms with Gasteiger partial charge in [0.2, 0.25) is 0 Å². The van der Waals surface area contributed by atoms with Crippen molar-refractivity contribution >= 4 is 41.3 Å². The molecule has 0 bridgehead atoms. The van der Waals surface area contributed by atoms with Gasteiger partial charge >= 0.3 is 0 Å². The Morgan fingerprint density at radius 1 is 1.31 bits per heavy atom. The van der Waals surface area contributed by atoms with Crippen molar-refractivity contribution in [1.29, 1.82) is 0 Å². The number of hydrogen-bond donors (Lipinski definition) is 2. The molecule has 0 amide bonds. The van der Waals surface area contributed by atoms with Crippen LogP contribution in [0.1, 0.15) is 29.5 Å². The van der Waals surface area contributed by atoms with Crippen LogP contribution in [0.3, 0.4) is 0 Å². The van der Waals surface area contributed by atoms with Crippen molar-refractivity contribution in [3.05, 3.63) is 52.2 Å². The van der Waals surface area contributed by atoms with Crippen molar-refractivity contribution in [3.8, 4) is 0 Å². The molecule has 8 heteroatoms. The van der Waals surface area contributed by atoms with E-state index in [0.717, 1.165) is 19.6 Å². The molecule has 3 rings (SSSR count). The fourth-order valence-electron chi connectivity index (χ4n) is 3.07. The van der Waals surface area contributed by atoms with Gasteiger partial charge in [-0.15, -0.1) is 35.3 Å². The van der Waals surface area contributed by atoms with Gasteiger partial charge in [0.15, 0.2) is 5.96 Å². The lowest BCUT2D eigenvalue weighted by molar-refractivity contribution is 0.249. The summed E-state index contributed by atoms with van der Waals surface area (Å²) >= 11 is 1.79. The van der Waals surface area contributed by atoms with Crippen LogP contribution in [0.15, 0.2) is 40.8 Å². The minimum atomic E-state index is -0.306. The monoisotopic (exact) mass is 489 g/mol. The van der Waals surface area contributed by atoms with Crippen LogP contribution in [0.2, 0.25) is 0 Å². The Balaban J connectivity index is 0.00000243. The number of aliphatic imine (C=N–C) groups is 1. The first-order valence-corrected chi connectivity index (χ1v) is 9.47. The third-order valence-corrected chi connectivity index (χ3v) is 5.37. The number of halogens is 2. The summed E-state index contributed by atoms with van der Waals surface area (Å²) in [5.74, 6) is 0.352. The Morgan fingerprint density at radius 3 is 2.77 bits per heavy atom. The largest absolute Gasteiger partial charge is 0.354 e. The molecule has 2 aromatic heterocycles. The second-order valence-corrected chi connectivity index (χ2v) is 6.99. The molecule has 1 saturated heterocycles. The Morgan fingerprint density at radius 2 is 2.12 bits per heavy atom. The fourth-order valence-corrected chi connectivity index (χ4v) is 3.93. The van der Waals surface area contributed by atoms with E-state index in [0.29, 0.717) is 24.2 Å². The van der Waals surface area contributed by atoms with E-state index in [-0.39, 0.29) is 29.8 Å². The number of likely N-dealkylation sites (tertiary alicyclic amines) is 1. The van der Waals surface area contributed by atoms with Crippen molar-refractivity contribution < 1.29 is 4.39 Å². The van der Waals surface area contributed by atoms with Crippen molar-refractivity contribution in [2.75, 3.05) is 26.7 Å². The third kappa shape index (κ3) is 5.62. The molecule has 142 valence electrons. The highest BCUT2D eigenvalue weighted by atomic mass is 127. The lowest BCUT2D eigenvalue weighted by Gasteiger charge is -2.27. The molecule has 5 nitrogen and oxygen atoms in total. The van der Waals surface area contributed by atoms with Crippen LogP contribution in [0, 0.1) is 5.82 Å². The normalized spacial score (nSPS) is 16.2. The van der Waals surface area contributed by atoms with Gasteiger partial charge in [0.1, 0.15) is 5.82 Å². The highest BCUT2D eigenvalue weighted by Crippen LogP contribution is 2.27. The predicted octanol–water partition coefficient (Wildman–Crippen LogP) is 3.40. The number of nitrogens with one attached hydrogen (secondary N) is 2. The van der Waals surface area contributed by atoms with E-state index in [9.17, 15) is 4.39 Å². The van der Waals surface area contributed by atoms with Crippen LogP contribution in [0.4, 0.5) is 4.39 Å². The van der Waals surface area contributed by atoms with Gasteiger partial charge in [-0.2, -0.15) is 0 Å². The summed E-state index contributed by atoms with van der Waals surface area (Å²) in [6, 6.07) is 7.63. The molecule has 0 aliphatic carbocycles. The molecule has 26 heavy (non-hydrogen) atoms. The second-order valence-electron chi connectivity index (χ2n) is 6.01. The number of pyridine rings is 1. The van der Waals surface area contributed by atoms with Gasteiger partial charge in [-0.3, -0.25) is 14.9 Å². The van der Waals surface area contributed by atoms with Gasteiger partial charge < -0.3 is 10.6 Å². The smallest absolute Gasteiger partial charge is 0.191 e. The molecule has 1 atom stereocenters. The lowest BCUT2D eigenvalue weighted by Crippen LogP contribution is -2.42. The van der Waals surface area contributed by atoms with Crippen LogP contribution in [-0.2, 0) is 6.54 Å². The van der Waals surface area contributed by atoms with Gasteiger partial charge in [0.25, 0.3) is 0 Å². The Hall–Kier alpha value is -1.26. The predicted molar refractivity (Wildman–Crippen MR) is 116 cm³/mol. The quantitative estimate of drug-likeness (QED) is 0.371. The third-order valence-electron chi connectivity index (χ3n) is 4.40. The van der Waals surface area contributed by atoms with Crippen LogP contribution >= 0.6 is 35.3 Å². The second kappa shape index (κ2) is 10.8. The van der Waals surface area contributed by atoms with E-state index in [1.807, 2.05) is 0 Å². The molecular weight excluding hydrogens is 464 g/mol. The summed E-state index contributed by atoms with van der Waals surface area (Å²) in [5, 5.41) is 8.64. The standard InChI is InChI=1S/C18H24FN5S.HI/c1-20-18(22-12-15-14(19)6-4-8-21-15)23-13-16(17-7-5-11-25-17)24-9-2-3-10-24;/h4-8,11,16H,2-3,9-10,12-13H2,1H3,(H2,20,22,23);1H. The first-order valence-electron chi connectivity index (χ1n) is 8.59. The summed E-state index contributed by atoms with van der Waals surface area (Å²) < 4.78 is 13.7. The Bertz CT molecular complexity index is 689. The Kier molecular flexibility index (Phi) is 8.73. The SMILES string of the molecule is CN=C(NCc1ncccc1F)NCC(c1cccs1)N1CCCC1.I. The van der Waals surface area contributed by atoms with Crippen LogP contribution < -0.4 is 10.6 Å². The Labute approximate surface area is 175 Å². The summed E-state index contributed by atoms with van der Waals surface area (Å²) in [4.78, 5) is 12.2.